The lowest BCUT2D eigenvalue weighted by molar-refractivity contribution is 0.0631. The number of amides is 2. The van der Waals surface area contributed by atoms with E-state index in [1.54, 1.807) is 36.4 Å². The highest BCUT2D eigenvalue weighted by Gasteiger charge is 2.31. The fourth-order valence-electron chi connectivity index (χ4n) is 2.37. The van der Waals surface area contributed by atoms with Gasteiger partial charge in [0.25, 0.3) is 11.8 Å². The molecule has 0 spiro atoms. The van der Waals surface area contributed by atoms with Crippen molar-refractivity contribution in [2.24, 2.45) is 0 Å². The molecule has 3 rings (SSSR count). The van der Waals surface area contributed by atoms with Crippen LogP contribution in [-0.2, 0) is 0 Å². The molecule has 0 aliphatic carbocycles. The van der Waals surface area contributed by atoms with Gasteiger partial charge in [-0.2, -0.15) is 0 Å². The Labute approximate surface area is 117 Å². The Morgan fingerprint density at radius 3 is 2.25 bits per heavy atom. The van der Waals surface area contributed by atoms with Gasteiger partial charge in [-0.1, -0.05) is 43.0 Å². The summed E-state index contributed by atoms with van der Waals surface area (Å²) in [6.07, 6.45) is 0. The monoisotopic (exact) mass is 263 g/mol. The molecule has 1 heterocycles. The number of rotatable bonds is 1. The first-order chi connectivity index (χ1) is 9.68. The molecule has 0 saturated carbocycles. The highest BCUT2D eigenvalue weighted by molar-refractivity contribution is 6.14. The van der Waals surface area contributed by atoms with Crippen LogP contribution in [0, 0.1) is 0 Å². The maximum atomic E-state index is 12.4. The number of benzene rings is 2. The number of hydrogen-bond acceptors (Lipinski definition) is 2. The molecule has 0 atom stereocenters. The summed E-state index contributed by atoms with van der Waals surface area (Å²) in [6, 6.07) is 16.1. The first-order valence-corrected chi connectivity index (χ1v) is 6.37. The molecule has 1 aliphatic heterocycles. The average molecular weight is 263 g/mol. The first kappa shape index (κ1) is 12.4. The van der Waals surface area contributed by atoms with Gasteiger partial charge < -0.3 is 0 Å². The molecule has 0 fully saturated rings. The number of fused-ring (bicyclic) bond motifs is 1. The Kier molecular flexibility index (Phi) is 2.95. The zero-order valence-electron chi connectivity index (χ0n) is 10.9. The Morgan fingerprint density at radius 1 is 0.950 bits per heavy atom. The van der Waals surface area contributed by atoms with Crippen LogP contribution in [0.25, 0.3) is 5.57 Å². The molecule has 0 unspecified atom stereocenters. The van der Waals surface area contributed by atoms with Gasteiger partial charge in [0.2, 0.25) is 0 Å². The molecule has 0 bridgehead atoms. The van der Waals surface area contributed by atoms with Crippen molar-refractivity contribution in [3.8, 4) is 0 Å². The van der Waals surface area contributed by atoms with E-state index in [4.69, 9.17) is 0 Å². The summed E-state index contributed by atoms with van der Waals surface area (Å²) >= 11 is 0. The molecule has 0 aromatic heterocycles. The van der Waals surface area contributed by atoms with Crippen LogP contribution in [0.2, 0.25) is 0 Å². The molecule has 98 valence electrons. The number of carbonyl (C=O) groups is 2. The zero-order chi connectivity index (χ0) is 14.1. The lowest BCUT2D eigenvalue weighted by Crippen LogP contribution is -2.41. The molecular formula is C17H13NO2. The highest BCUT2D eigenvalue weighted by Crippen LogP contribution is 2.27. The molecule has 3 heteroatoms. The largest absolute Gasteiger partial charge is 0.270 e. The molecule has 2 amide bonds. The van der Waals surface area contributed by atoms with E-state index in [9.17, 15) is 9.59 Å². The van der Waals surface area contributed by atoms with E-state index in [0.717, 1.165) is 11.1 Å². The molecule has 0 N–H and O–H groups in total. The lowest BCUT2D eigenvalue weighted by Gasteiger charge is -2.28. The Bertz CT molecular complexity index is 704. The quantitative estimate of drug-likeness (QED) is 0.742. The predicted octanol–water partition coefficient (Wildman–Crippen LogP) is 3.00. The van der Waals surface area contributed by atoms with Gasteiger partial charge in [-0.3, -0.25) is 14.5 Å². The van der Waals surface area contributed by atoms with Crippen LogP contribution in [0.5, 0.6) is 0 Å². The SMILES string of the molecule is C=C1CN(C(=O)c2ccccc2)C(=O)c2ccccc21. The van der Waals surface area contributed by atoms with Gasteiger partial charge in [0.05, 0.1) is 6.54 Å². The molecule has 20 heavy (non-hydrogen) atoms. The van der Waals surface area contributed by atoms with E-state index in [0.29, 0.717) is 11.1 Å². The summed E-state index contributed by atoms with van der Waals surface area (Å²) < 4.78 is 0. The fraction of sp³-hybridized carbons (Fsp3) is 0.0588. The van der Waals surface area contributed by atoms with Crippen molar-refractivity contribution in [1.82, 2.24) is 4.90 Å². The van der Waals surface area contributed by atoms with E-state index >= 15 is 0 Å². The number of imide groups is 1. The lowest BCUT2D eigenvalue weighted by atomic mass is 9.95. The minimum Gasteiger partial charge on any atom is -0.270 e. The zero-order valence-corrected chi connectivity index (χ0v) is 10.9. The minimum absolute atomic E-state index is 0.240. The van der Waals surface area contributed by atoms with Gasteiger partial charge in [-0.25, -0.2) is 0 Å². The van der Waals surface area contributed by atoms with E-state index < -0.39 is 0 Å². The molecule has 0 radical (unpaired) electrons. The van der Waals surface area contributed by atoms with E-state index in [2.05, 4.69) is 6.58 Å². The van der Waals surface area contributed by atoms with Gasteiger partial charge in [-0.05, 0) is 29.3 Å². The van der Waals surface area contributed by atoms with E-state index in [1.807, 2.05) is 18.2 Å². The van der Waals surface area contributed by atoms with Crippen molar-refractivity contribution >= 4 is 17.4 Å². The van der Waals surface area contributed by atoms with Gasteiger partial charge >= 0.3 is 0 Å². The normalized spacial score (nSPS) is 14.1. The smallest absolute Gasteiger partial charge is 0.261 e. The van der Waals surface area contributed by atoms with Crippen LogP contribution >= 0.6 is 0 Å². The second-order valence-corrected chi connectivity index (χ2v) is 4.71. The standard InChI is InChI=1S/C17H13NO2/c1-12-11-18(16(19)13-7-3-2-4-8-13)17(20)15-10-6-5-9-14(12)15/h2-10H,1,11H2. The number of carbonyl (C=O) groups excluding carboxylic acids is 2. The molecule has 3 nitrogen and oxygen atoms in total. The van der Waals surface area contributed by atoms with Crippen LogP contribution < -0.4 is 0 Å². The van der Waals surface area contributed by atoms with Crippen LogP contribution in [-0.4, -0.2) is 23.3 Å². The van der Waals surface area contributed by atoms with Crippen molar-refractivity contribution in [2.75, 3.05) is 6.54 Å². The van der Waals surface area contributed by atoms with Crippen molar-refractivity contribution in [1.29, 1.82) is 0 Å². The minimum atomic E-state index is -0.286. The third kappa shape index (κ3) is 1.93. The Balaban J connectivity index is 2.00. The molecular weight excluding hydrogens is 250 g/mol. The maximum Gasteiger partial charge on any atom is 0.261 e. The summed E-state index contributed by atoms with van der Waals surface area (Å²) in [4.78, 5) is 26.1. The summed E-state index contributed by atoms with van der Waals surface area (Å²) in [7, 11) is 0. The first-order valence-electron chi connectivity index (χ1n) is 6.37. The summed E-state index contributed by atoms with van der Waals surface area (Å²) in [5.74, 6) is -0.548. The second-order valence-electron chi connectivity index (χ2n) is 4.71. The molecule has 2 aromatic carbocycles. The average Bonchev–Trinajstić information content (AvgIpc) is 2.51. The molecule has 1 aliphatic rings. The van der Waals surface area contributed by atoms with E-state index in [1.165, 1.54) is 4.90 Å². The van der Waals surface area contributed by atoms with Crippen LogP contribution in [0.1, 0.15) is 26.3 Å². The summed E-state index contributed by atoms with van der Waals surface area (Å²) in [5, 5.41) is 0. The van der Waals surface area contributed by atoms with Crippen molar-refractivity contribution < 1.29 is 9.59 Å². The van der Waals surface area contributed by atoms with Crippen molar-refractivity contribution in [3.63, 3.8) is 0 Å². The van der Waals surface area contributed by atoms with Gasteiger partial charge in [-0.15, -0.1) is 0 Å². The number of nitrogens with zero attached hydrogens (tertiary/aromatic N) is 1. The van der Waals surface area contributed by atoms with Crippen LogP contribution in [0.3, 0.4) is 0 Å². The van der Waals surface area contributed by atoms with Gasteiger partial charge in [0.15, 0.2) is 0 Å². The third-order valence-electron chi connectivity index (χ3n) is 3.40. The Hall–Kier alpha value is -2.68. The van der Waals surface area contributed by atoms with Crippen molar-refractivity contribution in [2.45, 2.75) is 0 Å². The predicted molar refractivity (Wildman–Crippen MR) is 77.3 cm³/mol. The van der Waals surface area contributed by atoms with E-state index in [-0.39, 0.29) is 18.4 Å². The summed E-state index contributed by atoms with van der Waals surface area (Å²) in [6.45, 7) is 4.21. The van der Waals surface area contributed by atoms with Crippen LogP contribution in [0.4, 0.5) is 0 Å². The fourth-order valence-corrected chi connectivity index (χ4v) is 2.37. The molecule has 0 saturated heterocycles. The molecule has 2 aromatic rings. The van der Waals surface area contributed by atoms with Gasteiger partial charge in [0, 0.05) is 11.1 Å². The highest BCUT2D eigenvalue weighted by atomic mass is 16.2. The van der Waals surface area contributed by atoms with Crippen LogP contribution in [0.15, 0.2) is 61.2 Å². The topological polar surface area (TPSA) is 37.4 Å². The second kappa shape index (κ2) is 4.78. The summed E-state index contributed by atoms with van der Waals surface area (Å²) in [5.41, 5.74) is 2.65. The van der Waals surface area contributed by atoms with Gasteiger partial charge in [0.1, 0.15) is 0 Å². The maximum absolute atomic E-state index is 12.4. The number of hydrogen-bond donors (Lipinski definition) is 0. The third-order valence-corrected chi connectivity index (χ3v) is 3.40. The van der Waals surface area contributed by atoms with Crippen molar-refractivity contribution in [3.05, 3.63) is 77.9 Å². The Morgan fingerprint density at radius 2 is 1.55 bits per heavy atom.